The minimum Gasteiger partial charge on any atom is -0.330 e. The van der Waals surface area contributed by atoms with E-state index in [1.807, 2.05) is 0 Å². The van der Waals surface area contributed by atoms with Crippen LogP contribution >= 0.6 is 0 Å². The van der Waals surface area contributed by atoms with Crippen molar-refractivity contribution >= 4 is 0 Å². The molecule has 0 aromatic heterocycles. The van der Waals surface area contributed by atoms with Gasteiger partial charge in [0.15, 0.2) is 0 Å². The molecule has 0 saturated heterocycles. The van der Waals surface area contributed by atoms with Gasteiger partial charge in [0, 0.05) is 6.42 Å². The van der Waals surface area contributed by atoms with Gasteiger partial charge in [0.05, 0.1) is 0 Å². The highest BCUT2D eigenvalue weighted by Crippen LogP contribution is 2.17. The molecule has 2 heteroatoms. The number of allylic oxidation sites excluding steroid dienone is 1. The third-order valence-electron chi connectivity index (χ3n) is 6.86. The van der Waals surface area contributed by atoms with Crippen molar-refractivity contribution in [2.45, 2.75) is 148 Å². The van der Waals surface area contributed by atoms with Crippen molar-refractivity contribution in [2.75, 3.05) is 26.2 Å². The lowest BCUT2D eigenvalue weighted by molar-refractivity contribution is 0.258. The van der Waals surface area contributed by atoms with Crippen LogP contribution in [-0.4, -0.2) is 31.1 Å². The molecule has 0 aliphatic rings. The second kappa shape index (κ2) is 27.5. The van der Waals surface area contributed by atoms with Gasteiger partial charge in [0.1, 0.15) is 0 Å². The molecule has 0 saturated carbocycles. The molecule has 0 spiro atoms. The van der Waals surface area contributed by atoms with Crippen molar-refractivity contribution in [3.05, 3.63) is 12.2 Å². The molecule has 0 fully saturated rings. The number of nitrogens with two attached hydrogens (primary N) is 1. The maximum absolute atomic E-state index is 5.75. The molecule has 0 rings (SSSR count). The van der Waals surface area contributed by atoms with Gasteiger partial charge in [-0.25, -0.2) is 0 Å². The summed E-state index contributed by atoms with van der Waals surface area (Å²) in [5.74, 6) is 2.74. The Morgan fingerprint density at radius 1 is 0.636 bits per heavy atom. The average molecular weight is 461 g/mol. The van der Waals surface area contributed by atoms with Crippen LogP contribution < -0.4 is 5.73 Å². The Balaban J connectivity index is 3.57. The third kappa shape index (κ3) is 25.7. The van der Waals surface area contributed by atoms with E-state index in [1.165, 1.54) is 154 Å². The van der Waals surface area contributed by atoms with E-state index in [1.54, 1.807) is 0 Å². The number of nitrogens with zero attached hydrogens (tertiary/aromatic N) is 1. The summed E-state index contributed by atoms with van der Waals surface area (Å²) in [5, 5.41) is 0. The zero-order valence-electron chi connectivity index (χ0n) is 22.7. The summed E-state index contributed by atoms with van der Waals surface area (Å²) in [4.78, 5) is 2.65. The maximum Gasteiger partial charge on any atom is 0.00860 e. The fourth-order valence-corrected chi connectivity index (χ4v) is 4.62. The smallest absolute Gasteiger partial charge is 0.00860 e. The van der Waals surface area contributed by atoms with E-state index in [9.17, 15) is 0 Å². The Kier molecular flexibility index (Phi) is 26.8. The van der Waals surface area contributed by atoms with Gasteiger partial charge in [0.2, 0.25) is 0 Å². The van der Waals surface area contributed by atoms with Gasteiger partial charge < -0.3 is 10.6 Å². The highest BCUT2D eigenvalue weighted by molar-refractivity contribution is 4.93. The summed E-state index contributed by atoms with van der Waals surface area (Å²) in [6.07, 6.45) is 34.4. The van der Waals surface area contributed by atoms with Gasteiger partial charge in [-0.3, -0.25) is 0 Å². The zero-order chi connectivity index (χ0) is 24.2. The number of hydrogen-bond donors (Lipinski definition) is 1. The van der Waals surface area contributed by atoms with Gasteiger partial charge in [-0.15, -0.1) is 12.3 Å². The van der Waals surface area contributed by atoms with Crippen LogP contribution in [0.3, 0.4) is 0 Å². The molecular weight excluding hydrogens is 400 g/mol. The molecule has 2 nitrogen and oxygen atoms in total. The minimum atomic E-state index is 0.811. The Bertz CT molecular complexity index is 437. The first kappa shape index (κ1) is 32.2. The van der Waals surface area contributed by atoms with Gasteiger partial charge >= 0.3 is 0 Å². The average Bonchev–Trinajstić information content (AvgIpc) is 2.82. The molecule has 0 aliphatic heterocycles. The standard InChI is InChI=1S/C31H60N2/c1-4-6-8-10-12-13-16-20-25-31(3)26-21-17-15-19-23-29-33(30-24-27-32)28-22-18-14-11-9-7-5-2/h2H,3-4,6-30,32H2,1H3. The van der Waals surface area contributed by atoms with Crippen molar-refractivity contribution in [1.82, 2.24) is 4.90 Å². The second-order valence-corrected chi connectivity index (χ2v) is 10.2. The first-order valence-electron chi connectivity index (χ1n) is 14.8. The van der Waals surface area contributed by atoms with Crippen LogP contribution in [0.15, 0.2) is 12.2 Å². The van der Waals surface area contributed by atoms with Crippen LogP contribution in [0.4, 0.5) is 0 Å². The fourth-order valence-electron chi connectivity index (χ4n) is 4.62. The summed E-state index contributed by atoms with van der Waals surface area (Å²) in [6.45, 7) is 11.1. The van der Waals surface area contributed by atoms with Crippen LogP contribution in [0.2, 0.25) is 0 Å². The third-order valence-corrected chi connectivity index (χ3v) is 6.86. The topological polar surface area (TPSA) is 29.3 Å². The Morgan fingerprint density at radius 3 is 1.55 bits per heavy atom. The summed E-state index contributed by atoms with van der Waals surface area (Å²) in [5.41, 5.74) is 7.25. The Morgan fingerprint density at radius 2 is 1.06 bits per heavy atom. The molecule has 33 heavy (non-hydrogen) atoms. The lowest BCUT2D eigenvalue weighted by Crippen LogP contribution is -2.28. The van der Waals surface area contributed by atoms with E-state index in [0.717, 1.165) is 19.4 Å². The quantitative estimate of drug-likeness (QED) is 0.0752. The van der Waals surface area contributed by atoms with Crippen LogP contribution in [0.5, 0.6) is 0 Å². The van der Waals surface area contributed by atoms with Crippen molar-refractivity contribution in [3.63, 3.8) is 0 Å². The fraction of sp³-hybridized carbons (Fsp3) is 0.871. The first-order valence-corrected chi connectivity index (χ1v) is 14.8. The number of terminal acetylenes is 1. The molecular formula is C31H60N2. The molecule has 194 valence electrons. The van der Waals surface area contributed by atoms with Gasteiger partial charge in [0.25, 0.3) is 0 Å². The van der Waals surface area contributed by atoms with E-state index in [0.29, 0.717) is 0 Å². The first-order chi connectivity index (χ1) is 16.2. The molecule has 0 aromatic carbocycles. The van der Waals surface area contributed by atoms with Crippen LogP contribution in [-0.2, 0) is 0 Å². The Labute approximate surface area is 209 Å². The van der Waals surface area contributed by atoms with Crippen molar-refractivity contribution in [2.24, 2.45) is 5.73 Å². The van der Waals surface area contributed by atoms with E-state index < -0.39 is 0 Å². The predicted octanol–water partition coefficient (Wildman–Crippen LogP) is 9.04. The Hall–Kier alpha value is -0.780. The van der Waals surface area contributed by atoms with Crippen molar-refractivity contribution < 1.29 is 0 Å². The molecule has 0 radical (unpaired) electrons. The highest BCUT2D eigenvalue weighted by Gasteiger charge is 2.04. The molecule has 0 unspecified atom stereocenters. The van der Waals surface area contributed by atoms with Gasteiger partial charge in [-0.1, -0.05) is 103 Å². The summed E-state index contributed by atoms with van der Waals surface area (Å²) < 4.78 is 0. The second-order valence-electron chi connectivity index (χ2n) is 10.2. The molecule has 0 heterocycles. The van der Waals surface area contributed by atoms with E-state index in [-0.39, 0.29) is 0 Å². The predicted molar refractivity (Wildman–Crippen MR) is 151 cm³/mol. The van der Waals surface area contributed by atoms with Crippen molar-refractivity contribution in [1.29, 1.82) is 0 Å². The molecule has 0 amide bonds. The summed E-state index contributed by atoms with van der Waals surface area (Å²) in [6, 6.07) is 0. The normalized spacial score (nSPS) is 11.2. The highest BCUT2D eigenvalue weighted by atomic mass is 15.1. The number of unbranched alkanes of at least 4 members (excludes halogenated alkanes) is 16. The molecule has 0 bridgehead atoms. The maximum atomic E-state index is 5.75. The summed E-state index contributed by atoms with van der Waals surface area (Å²) in [7, 11) is 0. The summed E-state index contributed by atoms with van der Waals surface area (Å²) >= 11 is 0. The monoisotopic (exact) mass is 460 g/mol. The van der Waals surface area contributed by atoms with Crippen molar-refractivity contribution in [3.8, 4) is 12.3 Å². The number of hydrogen-bond acceptors (Lipinski definition) is 2. The lowest BCUT2D eigenvalue weighted by atomic mass is 10.0. The van der Waals surface area contributed by atoms with E-state index in [2.05, 4.69) is 24.3 Å². The van der Waals surface area contributed by atoms with E-state index in [4.69, 9.17) is 12.2 Å². The zero-order valence-corrected chi connectivity index (χ0v) is 22.7. The van der Waals surface area contributed by atoms with E-state index >= 15 is 0 Å². The number of rotatable bonds is 27. The molecule has 0 aromatic rings. The molecule has 0 atom stereocenters. The minimum absolute atomic E-state index is 0.811. The van der Waals surface area contributed by atoms with Gasteiger partial charge in [-0.2, -0.15) is 0 Å². The molecule has 2 N–H and O–H groups in total. The van der Waals surface area contributed by atoms with Gasteiger partial charge in [-0.05, 0) is 77.5 Å². The van der Waals surface area contributed by atoms with Crippen LogP contribution in [0.1, 0.15) is 148 Å². The largest absolute Gasteiger partial charge is 0.330 e. The van der Waals surface area contributed by atoms with Crippen LogP contribution in [0.25, 0.3) is 0 Å². The SMILES string of the molecule is C#CCCCCCCCN(CCCN)CCCCCCCC(=C)CCCCCCCCCC. The van der Waals surface area contributed by atoms with Crippen LogP contribution in [0, 0.1) is 12.3 Å². The molecule has 0 aliphatic carbocycles. The lowest BCUT2D eigenvalue weighted by Gasteiger charge is -2.22.